The van der Waals surface area contributed by atoms with Crippen molar-refractivity contribution in [3.63, 3.8) is 0 Å². The average molecular weight is 263 g/mol. The van der Waals surface area contributed by atoms with E-state index in [2.05, 4.69) is 42.9 Å². The molecule has 0 aromatic carbocycles. The molecule has 0 aromatic rings. The molecule has 13 heavy (non-hydrogen) atoms. The van der Waals surface area contributed by atoms with Crippen molar-refractivity contribution in [1.82, 2.24) is 0 Å². The normalized spacial score (nSPS) is 15.0. The molecule has 0 fully saturated rings. The Hall–Kier alpha value is 0.479. The van der Waals surface area contributed by atoms with E-state index in [4.69, 9.17) is 0 Å². The fraction of sp³-hybridized carbons (Fsp3) is 0.727. The van der Waals surface area contributed by atoms with Gasteiger partial charge in [0.05, 0.1) is 0 Å². The van der Waals surface area contributed by atoms with E-state index in [0.29, 0.717) is 11.8 Å². The molecule has 0 rings (SSSR count). The zero-order valence-corrected chi connectivity index (χ0v) is 11.4. The third-order valence-corrected chi connectivity index (χ3v) is 4.95. The number of thioether (sulfide) groups is 1. The second kappa shape index (κ2) is 7.84. The Labute approximate surface area is 94.9 Å². The van der Waals surface area contributed by atoms with Crippen LogP contribution in [0.25, 0.3) is 0 Å². The number of hydrogen-bond acceptors (Lipinski definition) is 1. The summed E-state index contributed by atoms with van der Waals surface area (Å²) in [7, 11) is 0. The van der Waals surface area contributed by atoms with Crippen molar-refractivity contribution in [2.45, 2.75) is 33.6 Å². The van der Waals surface area contributed by atoms with Gasteiger partial charge >= 0.3 is 94.9 Å². The molecule has 0 aliphatic rings. The van der Waals surface area contributed by atoms with Crippen LogP contribution in [0.2, 0.25) is 0 Å². The van der Waals surface area contributed by atoms with Gasteiger partial charge in [0.15, 0.2) is 0 Å². The van der Waals surface area contributed by atoms with Crippen molar-refractivity contribution in [2.75, 3.05) is 5.75 Å². The van der Waals surface area contributed by atoms with Crippen molar-refractivity contribution in [3.8, 4) is 0 Å². The Kier molecular flexibility index (Phi) is 8.13. The second-order valence-corrected chi connectivity index (χ2v) is 6.05. The van der Waals surface area contributed by atoms with Gasteiger partial charge < -0.3 is 0 Å². The first-order valence-corrected chi connectivity index (χ1v) is 6.76. The zero-order chi connectivity index (χ0) is 10.3. The minimum atomic E-state index is 0.574. The number of unbranched alkanes of at least 4 members (excludes halogenated alkanes) is 1. The molecule has 76 valence electrons. The fourth-order valence-electron chi connectivity index (χ4n) is 0.867. The van der Waals surface area contributed by atoms with E-state index in [1.807, 2.05) is 17.8 Å². The molecule has 0 amide bonds. The molecule has 0 unspecified atom stereocenters. The van der Waals surface area contributed by atoms with Gasteiger partial charge in [-0.15, -0.1) is 0 Å². The van der Waals surface area contributed by atoms with Crippen LogP contribution < -0.4 is 0 Å². The molecule has 0 N–H and O–H groups in total. The van der Waals surface area contributed by atoms with Gasteiger partial charge in [0.2, 0.25) is 0 Å². The fourth-order valence-corrected chi connectivity index (χ4v) is 2.95. The molecule has 0 bridgehead atoms. The zero-order valence-electron chi connectivity index (χ0n) is 8.88. The first-order chi connectivity index (χ1) is 6.13. The van der Waals surface area contributed by atoms with Crippen LogP contribution in [0.5, 0.6) is 0 Å². The molecule has 0 saturated carbocycles. The molecular weight excluding hydrogens is 243 g/mol. The van der Waals surface area contributed by atoms with Crippen molar-refractivity contribution in [2.24, 2.45) is 11.8 Å². The first kappa shape index (κ1) is 13.5. The topological polar surface area (TPSA) is 0 Å². The van der Waals surface area contributed by atoms with Gasteiger partial charge in [0.1, 0.15) is 0 Å². The van der Waals surface area contributed by atoms with Gasteiger partial charge in [-0.3, -0.25) is 0 Å². The Balaban J connectivity index is 3.75. The molecule has 0 aliphatic heterocycles. The summed E-state index contributed by atoms with van der Waals surface area (Å²) < 4.78 is 1.43. The first-order valence-electron chi connectivity index (χ1n) is 4.92. The van der Waals surface area contributed by atoms with Gasteiger partial charge in [0.25, 0.3) is 0 Å². The summed E-state index contributed by atoms with van der Waals surface area (Å²) >= 11 is 5.15. The van der Waals surface area contributed by atoms with Crippen molar-refractivity contribution in [1.29, 1.82) is 0 Å². The Morgan fingerprint density at radius 2 is 2.15 bits per heavy atom. The van der Waals surface area contributed by atoms with Crippen LogP contribution in [-0.4, -0.2) is 25.1 Å². The predicted octanol–water partition coefficient (Wildman–Crippen LogP) is 3.28. The maximum absolute atomic E-state index is 3.82. The van der Waals surface area contributed by atoms with Crippen LogP contribution in [0.15, 0.2) is 12.7 Å². The molecule has 0 heterocycles. The summed E-state index contributed by atoms with van der Waals surface area (Å²) in [6.07, 6.45) is 4.62. The quantitative estimate of drug-likeness (QED) is 0.386. The Bertz CT molecular complexity index is 165. The van der Waals surface area contributed by atoms with Crippen LogP contribution in [0.1, 0.15) is 33.6 Å². The van der Waals surface area contributed by atoms with E-state index in [0.717, 1.165) is 0 Å². The van der Waals surface area contributed by atoms with Crippen LogP contribution in [-0.2, 0) is 0 Å². The Morgan fingerprint density at radius 1 is 1.54 bits per heavy atom. The standard InChI is InChI=1S/C11H20SSe/c1-5-7-8-12-11(13)10(4)9(3)6-2/h6,9-10H,2,5,7-8H2,1,3-4H3/t9-,10-/m1/s1. The van der Waals surface area contributed by atoms with E-state index in [1.54, 1.807) is 0 Å². The van der Waals surface area contributed by atoms with Gasteiger partial charge in [0, 0.05) is 0 Å². The summed E-state index contributed by atoms with van der Waals surface area (Å²) in [5.41, 5.74) is 0. The summed E-state index contributed by atoms with van der Waals surface area (Å²) in [6.45, 7) is 10.5. The van der Waals surface area contributed by atoms with Gasteiger partial charge in [-0.2, -0.15) is 0 Å². The Morgan fingerprint density at radius 3 is 2.62 bits per heavy atom. The summed E-state index contributed by atoms with van der Waals surface area (Å²) in [5, 5.41) is 0. The molecule has 0 aliphatic carbocycles. The molecule has 2 heteroatoms. The summed E-state index contributed by atoms with van der Waals surface area (Å²) in [5.74, 6) is 2.43. The molecule has 0 nitrogen and oxygen atoms in total. The minimum absolute atomic E-state index is 0.574. The van der Waals surface area contributed by atoms with Gasteiger partial charge in [-0.25, -0.2) is 0 Å². The number of rotatable bonds is 7. The van der Waals surface area contributed by atoms with Crippen LogP contribution in [0.3, 0.4) is 0 Å². The van der Waals surface area contributed by atoms with E-state index in [1.165, 1.54) is 22.3 Å². The molecule has 0 radical (unpaired) electrons. The predicted molar refractivity (Wildman–Crippen MR) is 66.7 cm³/mol. The SMILES string of the molecule is C=C[C@@H](C)[C@@H](C)C(=[Se])SCCCC. The van der Waals surface area contributed by atoms with E-state index in [9.17, 15) is 0 Å². The summed E-state index contributed by atoms with van der Waals surface area (Å²) in [6, 6.07) is 0. The van der Waals surface area contributed by atoms with Crippen molar-refractivity contribution >= 4 is 31.1 Å². The van der Waals surface area contributed by atoms with Gasteiger partial charge in [-0.1, -0.05) is 0 Å². The monoisotopic (exact) mass is 264 g/mol. The van der Waals surface area contributed by atoms with E-state index < -0.39 is 0 Å². The maximum atomic E-state index is 3.82. The average Bonchev–Trinajstić information content (AvgIpc) is 2.15. The van der Waals surface area contributed by atoms with Crippen LogP contribution >= 0.6 is 11.8 Å². The van der Waals surface area contributed by atoms with Gasteiger partial charge in [-0.05, 0) is 0 Å². The molecule has 0 saturated heterocycles. The molecule has 2 atom stereocenters. The molecule has 0 spiro atoms. The summed E-state index contributed by atoms with van der Waals surface area (Å²) in [4.78, 5) is 0. The molecular formula is C11H20SSe. The van der Waals surface area contributed by atoms with Crippen molar-refractivity contribution < 1.29 is 0 Å². The number of hydrogen-bond donors (Lipinski definition) is 0. The van der Waals surface area contributed by atoms with Crippen molar-refractivity contribution in [3.05, 3.63) is 12.7 Å². The van der Waals surface area contributed by atoms with Crippen LogP contribution in [0, 0.1) is 11.8 Å². The molecule has 0 aromatic heterocycles. The van der Waals surface area contributed by atoms with E-state index >= 15 is 0 Å². The van der Waals surface area contributed by atoms with Crippen LogP contribution in [0.4, 0.5) is 0 Å². The third kappa shape index (κ3) is 5.72. The third-order valence-electron chi connectivity index (χ3n) is 2.27. The van der Waals surface area contributed by atoms with E-state index in [-0.39, 0.29) is 0 Å². The second-order valence-electron chi connectivity index (χ2n) is 3.40. The number of allylic oxidation sites excluding steroid dienone is 1.